The molecule has 0 saturated heterocycles. The van der Waals surface area contributed by atoms with Crippen LogP contribution in [0.5, 0.6) is 0 Å². The number of hydrogen-bond acceptors (Lipinski definition) is 0. The molecule has 0 spiro atoms. The van der Waals surface area contributed by atoms with Gasteiger partial charge in [0.1, 0.15) is 0 Å². The van der Waals surface area contributed by atoms with Gasteiger partial charge in [-0.2, -0.15) is 0 Å². The summed E-state index contributed by atoms with van der Waals surface area (Å²) in [6, 6.07) is 10.7. The molecular formula is C11H13Li. The van der Waals surface area contributed by atoms with Crippen LogP contribution in [0.4, 0.5) is 0 Å². The van der Waals surface area contributed by atoms with Crippen molar-refractivity contribution in [1.29, 1.82) is 0 Å². The van der Waals surface area contributed by atoms with Gasteiger partial charge in [0.15, 0.2) is 0 Å². The fourth-order valence-corrected chi connectivity index (χ4v) is 1.37. The van der Waals surface area contributed by atoms with E-state index < -0.39 is 0 Å². The van der Waals surface area contributed by atoms with Crippen molar-refractivity contribution < 1.29 is 0 Å². The Kier molecular flexibility index (Phi) is 3.66. The first-order chi connectivity index (χ1) is 5.45. The summed E-state index contributed by atoms with van der Waals surface area (Å²) in [4.78, 5) is 0. The van der Waals surface area contributed by atoms with Gasteiger partial charge in [-0.05, 0) is 24.8 Å². The summed E-state index contributed by atoms with van der Waals surface area (Å²) in [5.74, 6) is 0. The third-order valence-corrected chi connectivity index (χ3v) is 2.17. The molecule has 0 radical (unpaired) electrons. The molecule has 0 N–H and O–H groups in total. The van der Waals surface area contributed by atoms with E-state index >= 15 is 0 Å². The molecule has 1 heteroatoms. The molecule has 0 unspecified atom stereocenters. The molecule has 0 aliphatic heterocycles. The van der Waals surface area contributed by atoms with Crippen LogP contribution >= 0.6 is 0 Å². The van der Waals surface area contributed by atoms with Gasteiger partial charge in [-0.15, -0.1) is 0 Å². The molecule has 0 amide bonds. The molecule has 0 fully saturated rings. The second kappa shape index (κ2) is 4.55. The van der Waals surface area contributed by atoms with Gasteiger partial charge in [-0.1, -0.05) is 42.0 Å². The predicted octanol–water partition coefficient (Wildman–Crippen LogP) is 2.30. The Morgan fingerprint density at radius 3 is 2.25 bits per heavy atom. The fourth-order valence-electron chi connectivity index (χ4n) is 1.37. The molecule has 12 heavy (non-hydrogen) atoms. The Bertz CT molecular complexity index is 262. The summed E-state index contributed by atoms with van der Waals surface area (Å²) in [6.45, 7) is 0. The molecular weight excluding hydrogens is 139 g/mol. The van der Waals surface area contributed by atoms with Crippen LogP contribution in [0.25, 0.3) is 0 Å². The van der Waals surface area contributed by atoms with Gasteiger partial charge < -0.3 is 0 Å². The molecule has 0 bridgehead atoms. The van der Waals surface area contributed by atoms with E-state index in [0.29, 0.717) is 0 Å². The van der Waals surface area contributed by atoms with Crippen molar-refractivity contribution in [2.75, 3.05) is 0 Å². The van der Waals surface area contributed by atoms with E-state index in [0.717, 1.165) is 0 Å². The summed E-state index contributed by atoms with van der Waals surface area (Å²) in [5.41, 5.74) is 3.05. The van der Waals surface area contributed by atoms with E-state index in [-0.39, 0.29) is 18.9 Å². The topological polar surface area (TPSA) is 0 Å². The number of benzene rings is 1. The molecule has 58 valence electrons. The van der Waals surface area contributed by atoms with Crippen molar-refractivity contribution >= 4 is 18.9 Å². The molecule has 1 aromatic carbocycles. The zero-order chi connectivity index (χ0) is 7.52. The number of allylic oxidation sites excluding steroid dienone is 2. The Hall–Kier alpha value is -0.443. The van der Waals surface area contributed by atoms with Gasteiger partial charge >= 0.3 is 18.9 Å². The second-order valence-corrected chi connectivity index (χ2v) is 3.06. The summed E-state index contributed by atoms with van der Waals surface area (Å²) in [7, 11) is 0. The van der Waals surface area contributed by atoms with Crippen LogP contribution in [0.3, 0.4) is 0 Å². The summed E-state index contributed by atoms with van der Waals surface area (Å²) < 4.78 is 0. The third-order valence-electron chi connectivity index (χ3n) is 2.17. The molecule has 1 aliphatic rings. The second-order valence-electron chi connectivity index (χ2n) is 3.06. The van der Waals surface area contributed by atoms with Gasteiger partial charge in [0, 0.05) is 0 Å². The van der Waals surface area contributed by atoms with Crippen LogP contribution in [0.15, 0.2) is 42.0 Å². The molecule has 0 saturated carbocycles. The average molecular weight is 152 g/mol. The minimum absolute atomic E-state index is 0. The van der Waals surface area contributed by atoms with Crippen LogP contribution in [-0.2, 0) is 6.42 Å². The van der Waals surface area contributed by atoms with Crippen molar-refractivity contribution in [2.24, 2.45) is 0 Å². The van der Waals surface area contributed by atoms with E-state index in [1.165, 1.54) is 24.8 Å². The SMILES string of the molecule is C1=C(Cc2ccccc2)CC1.[LiH]. The van der Waals surface area contributed by atoms with Crippen LogP contribution in [0, 0.1) is 0 Å². The summed E-state index contributed by atoms with van der Waals surface area (Å²) >= 11 is 0. The fraction of sp³-hybridized carbons (Fsp3) is 0.273. The minimum atomic E-state index is 0. The Balaban J connectivity index is 0.000000720. The third kappa shape index (κ3) is 2.27. The zero-order valence-electron chi connectivity index (χ0n) is 6.59. The Morgan fingerprint density at radius 1 is 1.08 bits per heavy atom. The van der Waals surface area contributed by atoms with E-state index in [1.807, 2.05) is 0 Å². The van der Waals surface area contributed by atoms with E-state index in [2.05, 4.69) is 36.4 Å². The number of rotatable bonds is 2. The summed E-state index contributed by atoms with van der Waals surface area (Å²) in [5, 5.41) is 0. The van der Waals surface area contributed by atoms with Gasteiger partial charge in [0.25, 0.3) is 0 Å². The first-order valence-corrected chi connectivity index (χ1v) is 4.17. The van der Waals surface area contributed by atoms with Crippen molar-refractivity contribution in [3.8, 4) is 0 Å². The van der Waals surface area contributed by atoms with E-state index in [1.54, 1.807) is 5.57 Å². The predicted molar refractivity (Wildman–Crippen MR) is 54.6 cm³/mol. The molecule has 0 atom stereocenters. The van der Waals surface area contributed by atoms with E-state index in [4.69, 9.17) is 0 Å². The Labute approximate surface area is 85.9 Å². The first kappa shape index (κ1) is 9.64. The molecule has 0 heterocycles. The Morgan fingerprint density at radius 2 is 1.75 bits per heavy atom. The molecule has 1 aliphatic carbocycles. The van der Waals surface area contributed by atoms with Crippen molar-refractivity contribution in [2.45, 2.75) is 19.3 Å². The van der Waals surface area contributed by atoms with Crippen molar-refractivity contribution in [3.05, 3.63) is 47.5 Å². The first-order valence-electron chi connectivity index (χ1n) is 4.17. The van der Waals surface area contributed by atoms with Gasteiger partial charge in [-0.3, -0.25) is 0 Å². The molecule has 2 rings (SSSR count). The maximum absolute atomic E-state index is 2.34. The van der Waals surface area contributed by atoms with Crippen molar-refractivity contribution in [3.63, 3.8) is 0 Å². The maximum atomic E-state index is 2.34. The molecule has 1 aromatic rings. The average Bonchev–Trinajstić information content (AvgIpc) is 1.99. The number of hydrogen-bond donors (Lipinski definition) is 0. The van der Waals surface area contributed by atoms with E-state index in [9.17, 15) is 0 Å². The van der Waals surface area contributed by atoms with Crippen LogP contribution in [0.1, 0.15) is 18.4 Å². The normalized spacial score (nSPS) is 14.2. The quantitative estimate of drug-likeness (QED) is 0.450. The van der Waals surface area contributed by atoms with Gasteiger partial charge in [0.2, 0.25) is 0 Å². The van der Waals surface area contributed by atoms with Gasteiger partial charge in [-0.25, -0.2) is 0 Å². The molecule has 0 aromatic heterocycles. The standard InChI is InChI=1S/C11H12.Li.H/c1-2-5-10(6-3-1)9-11-7-4-8-11;;/h1-3,5-7H,4,8-9H2;;. The van der Waals surface area contributed by atoms with Gasteiger partial charge in [0.05, 0.1) is 0 Å². The van der Waals surface area contributed by atoms with Crippen LogP contribution in [-0.4, -0.2) is 18.9 Å². The van der Waals surface area contributed by atoms with Crippen LogP contribution in [0.2, 0.25) is 0 Å². The summed E-state index contributed by atoms with van der Waals surface area (Å²) in [6.07, 6.45) is 6.12. The monoisotopic (exact) mass is 152 g/mol. The van der Waals surface area contributed by atoms with Crippen molar-refractivity contribution in [1.82, 2.24) is 0 Å². The molecule has 0 nitrogen and oxygen atoms in total. The van der Waals surface area contributed by atoms with Crippen LogP contribution < -0.4 is 0 Å². The zero-order valence-corrected chi connectivity index (χ0v) is 6.59.